The number of pyridine rings is 1. The first kappa shape index (κ1) is 10.2. The molecule has 1 heterocycles. The Kier molecular flexibility index (Phi) is 4.43. The van der Waals surface area contributed by atoms with Gasteiger partial charge in [-0.1, -0.05) is 6.07 Å². The standard InChI is InChI=1S/C10H16N2O/c1-9-10(4-2-6-12-9)8-11-5-3-7-13/h2,4,6,11,13H,3,5,7-8H2,1H3. The first-order valence-corrected chi connectivity index (χ1v) is 4.56. The van der Waals surface area contributed by atoms with Gasteiger partial charge in [0.1, 0.15) is 0 Å². The van der Waals surface area contributed by atoms with Crippen molar-refractivity contribution in [2.45, 2.75) is 19.9 Å². The van der Waals surface area contributed by atoms with Gasteiger partial charge in [-0.25, -0.2) is 0 Å². The van der Waals surface area contributed by atoms with Gasteiger partial charge in [0.25, 0.3) is 0 Å². The summed E-state index contributed by atoms with van der Waals surface area (Å²) in [4.78, 5) is 4.19. The predicted molar refractivity (Wildman–Crippen MR) is 52.4 cm³/mol. The van der Waals surface area contributed by atoms with E-state index >= 15 is 0 Å². The molecule has 0 aliphatic rings. The summed E-state index contributed by atoms with van der Waals surface area (Å²) in [6, 6.07) is 4.00. The molecular weight excluding hydrogens is 164 g/mol. The quantitative estimate of drug-likeness (QED) is 0.661. The molecule has 1 aromatic heterocycles. The summed E-state index contributed by atoms with van der Waals surface area (Å²) >= 11 is 0. The molecule has 13 heavy (non-hydrogen) atoms. The summed E-state index contributed by atoms with van der Waals surface area (Å²) in [7, 11) is 0. The van der Waals surface area contributed by atoms with Crippen molar-refractivity contribution < 1.29 is 5.11 Å². The van der Waals surface area contributed by atoms with E-state index in [9.17, 15) is 0 Å². The second-order valence-corrected chi connectivity index (χ2v) is 3.00. The van der Waals surface area contributed by atoms with Gasteiger partial charge >= 0.3 is 0 Å². The van der Waals surface area contributed by atoms with Crippen molar-refractivity contribution in [2.75, 3.05) is 13.2 Å². The number of nitrogens with zero attached hydrogens (tertiary/aromatic N) is 1. The summed E-state index contributed by atoms with van der Waals surface area (Å²) in [6.07, 6.45) is 2.60. The van der Waals surface area contributed by atoms with Crippen LogP contribution in [0.25, 0.3) is 0 Å². The van der Waals surface area contributed by atoms with E-state index in [2.05, 4.69) is 16.4 Å². The number of rotatable bonds is 5. The molecule has 0 aliphatic carbocycles. The lowest BCUT2D eigenvalue weighted by Gasteiger charge is -2.05. The number of nitrogens with one attached hydrogen (secondary N) is 1. The van der Waals surface area contributed by atoms with Crippen LogP contribution in [0.4, 0.5) is 0 Å². The maximum absolute atomic E-state index is 8.57. The van der Waals surface area contributed by atoms with Crippen LogP contribution in [0, 0.1) is 6.92 Å². The van der Waals surface area contributed by atoms with Crippen LogP contribution in [0.5, 0.6) is 0 Å². The van der Waals surface area contributed by atoms with Gasteiger partial charge in [-0.3, -0.25) is 4.98 Å². The molecule has 0 radical (unpaired) electrons. The van der Waals surface area contributed by atoms with Crippen molar-refractivity contribution in [3.63, 3.8) is 0 Å². The van der Waals surface area contributed by atoms with Crippen molar-refractivity contribution in [2.24, 2.45) is 0 Å². The molecule has 3 nitrogen and oxygen atoms in total. The lowest BCUT2D eigenvalue weighted by molar-refractivity contribution is 0.286. The fraction of sp³-hybridized carbons (Fsp3) is 0.500. The van der Waals surface area contributed by atoms with Crippen molar-refractivity contribution in [1.82, 2.24) is 10.3 Å². The van der Waals surface area contributed by atoms with Crippen molar-refractivity contribution in [3.8, 4) is 0 Å². The maximum atomic E-state index is 8.57. The number of aliphatic hydroxyl groups excluding tert-OH is 1. The Hall–Kier alpha value is -0.930. The number of hydrogen-bond donors (Lipinski definition) is 2. The first-order chi connectivity index (χ1) is 6.34. The molecule has 72 valence electrons. The fourth-order valence-corrected chi connectivity index (χ4v) is 1.13. The Bertz CT molecular complexity index is 250. The van der Waals surface area contributed by atoms with E-state index in [0.717, 1.165) is 25.2 Å². The van der Waals surface area contributed by atoms with E-state index < -0.39 is 0 Å². The normalized spacial score (nSPS) is 10.3. The molecule has 3 heteroatoms. The topological polar surface area (TPSA) is 45.2 Å². The van der Waals surface area contributed by atoms with Gasteiger partial charge in [0.15, 0.2) is 0 Å². The smallest absolute Gasteiger partial charge is 0.0443 e. The summed E-state index contributed by atoms with van der Waals surface area (Å²) < 4.78 is 0. The monoisotopic (exact) mass is 180 g/mol. The van der Waals surface area contributed by atoms with Crippen molar-refractivity contribution in [1.29, 1.82) is 0 Å². The van der Waals surface area contributed by atoms with Crippen molar-refractivity contribution >= 4 is 0 Å². The summed E-state index contributed by atoms with van der Waals surface area (Å²) in [5.41, 5.74) is 2.29. The lowest BCUT2D eigenvalue weighted by atomic mass is 10.2. The van der Waals surface area contributed by atoms with Crippen LogP contribution in [0.3, 0.4) is 0 Å². The fourth-order valence-electron chi connectivity index (χ4n) is 1.13. The largest absolute Gasteiger partial charge is 0.396 e. The minimum atomic E-state index is 0.249. The Morgan fingerprint density at radius 2 is 2.38 bits per heavy atom. The van der Waals surface area contributed by atoms with Crippen LogP contribution in [0.15, 0.2) is 18.3 Å². The molecule has 1 aromatic rings. The SMILES string of the molecule is Cc1ncccc1CNCCCO. The van der Waals surface area contributed by atoms with E-state index in [4.69, 9.17) is 5.11 Å². The highest BCUT2D eigenvalue weighted by molar-refractivity contribution is 5.17. The van der Waals surface area contributed by atoms with Gasteiger partial charge in [0, 0.05) is 25.0 Å². The van der Waals surface area contributed by atoms with Gasteiger partial charge in [0.2, 0.25) is 0 Å². The first-order valence-electron chi connectivity index (χ1n) is 4.56. The van der Waals surface area contributed by atoms with Gasteiger partial charge in [0.05, 0.1) is 0 Å². The number of aryl methyl sites for hydroxylation is 1. The van der Waals surface area contributed by atoms with E-state index in [0.29, 0.717) is 0 Å². The number of hydrogen-bond acceptors (Lipinski definition) is 3. The zero-order valence-electron chi connectivity index (χ0n) is 7.95. The van der Waals surface area contributed by atoms with Gasteiger partial charge in [-0.05, 0) is 31.5 Å². The van der Waals surface area contributed by atoms with Gasteiger partial charge in [-0.15, -0.1) is 0 Å². The van der Waals surface area contributed by atoms with E-state index in [-0.39, 0.29) is 6.61 Å². The highest BCUT2D eigenvalue weighted by Crippen LogP contribution is 2.02. The highest BCUT2D eigenvalue weighted by Gasteiger charge is 1.96. The van der Waals surface area contributed by atoms with Crippen LogP contribution >= 0.6 is 0 Å². The summed E-state index contributed by atoms with van der Waals surface area (Å²) in [5, 5.41) is 11.8. The molecule has 0 bridgehead atoms. The molecule has 0 atom stereocenters. The average molecular weight is 180 g/mol. The summed E-state index contributed by atoms with van der Waals surface area (Å²) in [5.74, 6) is 0. The third kappa shape index (κ3) is 3.53. The Morgan fingerprint density at radius 3 is 3.08 bits per heavy atom. The zero-order valence-corrected chi connectivity index (χ0v) is 7.95. The summed E-state index contributed by atoms with van der Waals surface area (Å²) in [6.45, 7) is 3.94. The number of aliphatic hydroxyl groups is 1. The molecule has 0 saturated heterocycles. The van der Waals surface area contributed by atoms with E-state index in [1.165, 1.54) is 5.56 Å². The third-order valence-corrected chi connectivity index (χ3v) is 1.94. The minimum absolute atomic E-state index is 0.249. The van der Waals surface area contributed by atoms with E-state index in [1.54, 1.807) is 6.20 Å². The van der Waals surface area contributed by atoms with Crippen LogP contribution in [-0.4, -0.2) is 23.2 Å². The van der Waals surface area contributed by atoms with Crippen LogP contribution in [0.1, 0.15) is 17.7 Å². The molecular formula is C10H16N2O. The van der Waals surface area contributed by atoms with Crippen LogP contribution in [-0.2, 0) is 6.54 Å². The maximum Gasteiger partial charge on any atom is 0.0443 e. The third-order valence-electron chi connectivity index (χ3n) is 1.94. The average Bonchev–Trinajstić information content (AvgIpc) is 2.15. The molecule has 0 saturated carbocycles. The molecule has 2 N–H and O–H groups in total. The second-order valence-electron chi connectivity index (χ2n) is 3.00. The lowest BCUT2D eigenvalue weighted by Crippen LogP contribution is -2.16. The molecule has 1 rings (SSSR count). The Balaban J connectivity index is 2.32. The molecule has 0 unspecified atom stereocenters. The Labute approximate surface area is 78.8 Å². The zero-order chi connectivity index (χ0) is 9.52. The molecule has 0 fully saturated rings. The number of aromatic nitrogens is 1. The molecule has 0 spiro atoms. The minimum Gasteiger partial charge on any atom is -0.396 e. The molecule has 0 amide bonds. The molecule has 0 aliphatic heterocycles. The molecule has 0 aromatic carbocycles. The second kappa shape index (κ2) is 5.67. The van der Waals surface area contributed by atoms with E-state index in [1.807, 2.05) is 13.0 Å². The predicted octanol–water partition coefficient (Wildman–Crippen LogP) is 0.862. The Morgan fingerprint density at radius 1 is 1.54 bits per heavy atom. The van der Waals surface area contributed by atoms with Crippen molar-refractivity contribution in [3.05, 3.63) is 29.6 Å². The van der Waals surface area contributed by atoms with Crippen LogP contribution in [0.2, 0.25) is 0 Å². The van der Waals surface area contributed by atoms with Gasteiger partial charge < -0.3 is 10.4 Å². The highest BCUT2D eigenvalue weighted by atomic mass is 16.3. The van der Waals surface area contributed by atoms with Gasteiger partial charge in [-0.2, -0.15) is 0 Å². The van der Waals surface area contributed by atoms with Crippen LogP contribution < -0.4 is 5.32 Å².